The fraction of sp³-hybridized carbons (Fsp3) is 0.647. The molecule has 2 heterocycles. The van der Waals surface area contributed by atoms with Gasteiger partial charge in [-0.05, 0) is 19.4 Å². The van der Waals surface area contributed by atoms with Gasteiger partial charge >= 0.3 is 0 Å². The van der Waals surface area contributed by atoms with Crippen LogP contribution in [0.1, 0.15) is 38.4 Å². The Morgan fingerprint density at radius 1 is 1.43 bits per heavy atom. The minimum Gasteiger partial charge on any atom is -0.379 e. The van der Waals surface area contributed by atoms with E-state index in [1.165, 1.54) is 5.46 Å². The minimum absolute atomic E-state index is 0.0214. The number of aryl methyl sites for hydroxylation is 1. The Kier molecular flexibility index (Phi) is 5.81. The summed E-state index contributed by atoms with van der Waals surface area (Å²) in [6, 6.07) is 1.96. The van der Waals surface area contributed by atoms with Gasteiger partial charge in [-0.1, -0.05) is 31.8 Å². The maximum Gasteiger partial charge on any atom is 0.231 e. The van der Waals surface area contributed by atoms with E-state index in [0.29, 0.717) is 5.82 Å². The van der Waals surface area contributed by atoms with Gasteiger partial charge in [-0.3, -0.25) is 9.69 Å². The van der Waals surface area contributed by atoms with Crippen LogP contribution in [0.4, 0.5) is 5.82 Å². The van der Waals surface area contributed by atoms with E-state index in [4.69, 9.17) is 9.72 Å². The van der Waals surface area contributed by atoms with Crippen molar-refractivity contribution in [2.24, 2.45) is 5.41 Å². The van der Waals surface area contributed by atoms with Crippen LogP contribution in [-0.2, 0) is 16.1 Å². The second kappa shape index (κ2) is 7.45. The molecule has 0 spiro atoms. The van der Waals surface area contributed by atoms with Crippen molar-refractivity contribution in [2.75, 3.05) is 31.6 Å². The van der Waals surface area contributed by atoms with Crippen molar-refractivity contribution in [1.29, 1.82) is 0 Å². The first-order valence-electron chi connectivity index (χ1n) is 8.42. The smallest absolute Gasteiger partial charge is 0.231 e. The van der Waals surface area contributed by atoms with Crippen molar-refractivity contribution in [1.82, 2.24) is 9.88 Å². The number of pyridine rings is 1. The lowest BCUT2D eigenvalue weighted by molar-refractivity contribution is -0.124. The molecule has 1 aromatic rings. The molecule has 2 rings (SSSR count). The lowest BCUT2D eigenvalue weighted by Gasteiger charge is -2.27. The number of amides is 1. The Labute approximate surface area is 140 Å². The molecule has 126 valence electrons. The summed E-state index contributed by atoms with van der Waals surface area (Å²) in [6.07, 6.45) is 0.796. The highest BCUT2D eigenvalue weighted by Crippen LogP contribution is 2.22. The van der Waals surface area contributed by atoms with E-state index in [9.17, 15) is 4.79 Å². The lowest BCUT2D eigenvalue weighted by atomic mass is 9.88. The van der Waals surface area contributed by atoms with Crippen LogP contribution in [0.15, 0.2) is 6.07 Å². The molecule has 0 radical (unpaired) electrons. The summed E-state index contributed by atoms with van der Waals surface area (Å²) in [5, 5.41) is 2.99. The summed E-state index contributed by atoms with van der Waals surface area (Å²) in [5.41, 5.74) is 3.01. The van der Waals surface area contributed by atoms with Crippen molar-refractivity contribution in [3.05, 3.63) is 17.3 Å². The largest absolute Gasteiger partial charge is 0.379 e. The van der Waals surface area contributed by atoms with Gasteiger partial charge in [0.15, 0.2) is 0 Å². The van der Waals surface area contributed by atoms with Gasteiger partial charge in [0.1, 0.15) is 13.7 Å². The number of anilines is 1. The third kappa shape index (κ3) is 4.55. The second-order valence-electron chi connectivity index (χ2n) is 6.98. The predicted molar refractivity (Wildman–Crippen MR) is 95.9 cm³/mol. The molecule has 1 N–H and O–H groups in total. The summed E-state index contributed by atoms with van der Waals surface area (Å²) in [4.78, 5) is 19.4. The zero-order chi connectivity index (χ0) is 17.0. The summed E-state index contributed by atoms with van der Waals surface area (Å²) in [6.45, 7) is 12.2. The lowest BCUT2D eigenvalue weighted by Crippen LogP contribution is -2.38. The fourth-order valence-corrected chi connectivity index (χ4v) is 2.44. The Morgan fingerprint density at radius 3 is 2.70 bits per heavy atom. The van der Waals surface area contributed by atoms with Crippen LogP contribution in [0, 0.1) is 12.3 Å². The highest BCUT2D eigenvalue weighted by molar-refractivity contribution is 6.34. The van der Waals surface area contributed by atoms with Crippen LogP contribution in [0.25, 0.3) is 0 Å². The number of ether oxygens (including phenoxy) is 1. The molecule has 0 aliphatic carbocycles. The van der Waals surface area contributed by atoms with E-state index in [2.05, 4.69) is 25.0 Å². The van der Waals surface area contributed by atoms with E-state index in [1.54, 1.807) is 0 Å². The molecule has 1 amide bonds. The first-order valence-corrected chi connectivity index (χ1v) is 8.42. The Hall–Kier alpha value is -1.40. The van der Waals surface area contributed by atoms with E-state index in [0.717, 1.165) is 50.5 Å². The molecular formula is C17H28BN3O2. The van der Waals surface area contributed by atoms with Gasteiger partial charge in [-0.15, -0.1) is 0 Å². The first-order chi connectivity index (χ1) is 10.8. The van der Waals surface area contributed by atoms with E-state index in [1.807, 2.05) is 26.8 Å². The summed E-state index contributed by atoms with van der Waals surface area (Å²) < 4.78 is 5.40. The molecule has 0 bridgehead atoms. The highest BCUT2D eigenvalue weighted by Gasteiger charge is 2.26. The molecule has 1 fully saturated rings. The molecule has 1 aliphatic rings. The summed E-state index contributed by atoms with van der Waals surface area (Å²) in [7, 11) is 2.10. The van der Waals surface area contributed by atoms with Gasteiger partial charge in [0.2, 0.25) is 5.91 Å². The molecule has 0 aromatic carbocycles. The minimum atomic E-state index is -0.384. The van der Waals surface area contributed by atoms with Crippen molar-refractivity contribution in [3.8, 4) is 0 Å². The number of aromatic nitrogens is 1. The standard InChI is InChI=1S/C17H28BN3O2/c1-5-17(3,4)16(22)20-14-10-12(2)15(18)13(19-14)11-21-6-8-23-9-7-21/h10H,5-9,11,18H2,1-4H3,(H,19,20,22). The van der Waals surface area contributed by atoms with Crippen molar-refractivity contribution < 1.29 is 9.53 Å². The molecular weight excluding hydrogens is 289 g/mol. The average molecular weight is 317 g/mol. The SMILES string of the molecule is Bc1c(C)cc(NC(=O)C(C)(C)CC)nc1CN1CCOCC1. The molecule has 1 saturated heterocycles. The van der Waals surface area contributed by atoms with Crippen LogP contribution in [0.3, 0.4) is 0 Å². The zero-order valence-corrected chi connectivity index (χ0v) is 15.0. The molecule has 23 heavy (non-hydrogen) atoms. The molecule has 1 aromatic heterocycles. The van der Waals surface area contributed by atoms with Gasteiger partial charge in [0.05, 0.1) is 18.9 Å². The fourth-order valence-electron chi connectivity index (χ4n) is 2.44. The van der Waals surface area contributed by atoms with Crippen LogP contribution in [0.2, 0.25) is 0 Å². The number of carbonyl (C=O) groups excluding carboxylic acids is 1. The summed E-state index contributed by atoms with van der Waals surface area (Å²) >= 11 is 0. The van der Waals surface area contributed by atoms with Gasteiger partial charge in [-0.25, -0.2) is 4.98 Å². The molecule has 5 nitrogen and oxygen atoms in total. The highest BCUT2D eigenvalue weighted by atomic mass is 16.5. The van der Waals surface area contributed by atoms with Gasteiger partial charge in [0.25, 0.3) is 0 Å². The number of morpholine rings is 1. The Balaban J connectivity index is 2.16. The first kappa shape index (κ1) is 18.0. The number of nitrogens with one attached hydrogen (secondary N) is 1. The topological polar surface area (TPSA) is 54.5 Å². The maximum atomic E-state index is 12.4. The molecule has 6 heteroatoms. The van der Waals surface area contributed by atoms with Crippen LogP contribution >= 0.6 is 0 Å². The quantitative estimate of drug-likeness (QED) is 0.818. The van der Waals surface area contributed by atoms with Crippen LogP contribution in [0.5, 0.6) is 0 Å². The number of rotatable bonds is 5. The molecule has 0 saturated carbocycles. The van der Waals surface area contributed by atoms with Crippen LogP contribution in [-0.4, -0.2) is 49.9 Å². The Morgan fingerprint density at radius 2 is 2.09 bits per heavy atom. The third-order valence-electron chi connectivity index (χ3n) is 4.85. The summed E-state index contributed by atoms with van der Waals surface area (Å²) in [5.74, 6) is 0.677. The normalized spacial score (nSPS) is 16.3. The number of hydrogen-bond acceptors (Lipinski definition) is 4. The van der Waals surface area contributed by atoms with Crippen molar-refractivity contribution in [2.45, 2.75) is 40.7 Å². The third-order valence-corrected chi connectivity index (χ3v) is 4.85. The zero-order valence-electron chi connectivity index (χ0n) is 15.0. The van der Waals surface area contributed by atoms with Crippen LogP contribution < -0.4 is 10.8 Å². The van der Waals surface area contributed by atoms with Gasteiger partial charge in [0, 0.05) is 25.0 Å². The number of hydrogen-bond donors (Lipinski definition) is 1. The molecule has 0 unspecified atom stereocenters. The van der Waals surface area contributed by atoms with Gasteiger partial charge in [-0.2, -0.15) is 0 Å². The second-order valence-corrected chi connectivity index (χ2v) is 6.98. The van der Waals surface area contributed by atoms with E-state index >= 15 is 0 Å². The van der Waals surface area contributed by atoms with Crippen molar-refractivity contribution >= 4 is 25.0 Å². The van der Waals surface area contributed by atoms with E-state index < -0.39 is 0 Å². The predicted octanol–water partition coefficient (Wildman–Crippen LogP) is 0.855. The monoisotopic (exact) mass is 317 g/mol. The number of nitrogens with zero attached hydrogens (tertiary/aromatic N) is 2. The molecule has 0 atom stereocenters. The maximum absolute atomic E-state index is 12.4. The Bertz CT molecular complexity index is 569. The molecule has 1 aliphatic heterocycles. The van der Waals surface area contributed by atoms with Crippen molar-refractivity contribution in [3.63, 3.8) is 0 Å². The average Bonchev–Trinajstić information content (AvgIpc) is 2.53. The number of carbonyl (C=O) groups is 1. The van der Waals surface area contributed by atoms with Gasteiger partial charge < -0.3 is 10.1 Å². The van der Waals surface area contributed by atoms with E-state index in [-0.39, 0.29) is 11.3 Å².